The van der Waals surface area contributed by atoms with Crippen molar-refractivity contribution in [2.24, 2.45) is 7.05 Å². The maximum absolute atomic E-state index is 11.8. The molecule has 0 amide bonds. The van der Waals surface area contributed by atoms with Gasteiger partial charge in [-0.1, -0.05) is 0 Å². The first kappa shape index (κ1) is 12.8. The van der Waals surface area contributed by atoms with Crippen LogP contribution >= 0.6 is 0 Å². The Morgan fingerprint density at radius 2 is 2.12 bits per heavy atom. The van der Waals surface area contributed by atoms with Gasteiger partial charge < -0.3 is 9.30 Å². The van der Waals surface area contributed by atoms with Crippen LogP contribution in [0.2, 0.25) is 0 Å². The van der Waals surface area contributed by atoms with Crippen molar-refractivity contribution in [1.82, 2.24) is 4.57 Å². The minimum absolute atomic E-state index is 0.262. The van der Waals surface area contributed by atoms with Crippen molar-refractivity contribution in [3.05, 3.63) is 23.0 Å². The van der Waals surface area contributed by atoms with Gasteiger partial charge in [-0.3, -0.25) is 4.79 Å². The smallest absolute Gasteiger partial charge is 0.261 e. The fourth-order valence-electron chi connectivity index (χ4n) is 1.46. The van der Waals surface area contributed by atoms with Gasteiger partial charge >= 0.3 is 0 Å². The third-order valence-corrected chi connectivity index (χ3v) is 2.55. The highest BCUT2D eigenvalue weighted by atomic mass is 19.3. The van der Waals surface area contributed by atoms with E-state index in [1.165, 1.54) is 0 Å². The summed E-state index contributed by atoms with van der Waals surface area (Å²) in [6, 6.07) is 1.74. The summed E-state index contributed by atoms with van der Waals surface area (Å²) >= 11 is 0. The zero-order valence-corrected chi connectivity index (χ0v) is 9.59. The van der Waals surface area contributed by atoms with E-state index in [2.05, 4.69) is 4.74 Å². The van der Waals surface area contributed by atoms with Gasteiger partial charge in [0.15, 0.2) is 5.78 Å². The first-order valence-electron chi connectivity index (χ1n) is 4.95. The molecule has 0 saturated heterocycles. The van der Waals surface area contributed by atoms with E-state index in [0.29, 0.717) is 5.56 Å². The van der Waals surface area contributed by atoms with Crippen molar-refractivity contribution in [3.8, 4) is 0 Å². The zero-order chi connectivity index (χ0) is 12.3. The highest BCUT2D eigenvalue weighted by Gasteiger charge is 2.14. The normalized spacial score (nSPS) is 11.1. The Morgan fingerprint density at radius 1 is 1.50 bits per heavy atom. The number of ketones is 1. The van der Waals surface area contributed by atoms with Crippen LogP contribution < -0.4 is 0 Å². The predicted molar refractivity (Wildman–Crippen MR) is 56.0 cm³/mol. The number of ether oxygens (including phenoxy) is 1. The summed E-state index contributed by atoms with van der Waals surface area (Å²) in [4.78, 5) is 11.6. The second kappa shape index (κ2) is 5.21. The lowest BCUT2D eigenvalue weighted by atomic mass is 10.1. The van der Waals surface area contributed by atoms with Crippen molar-refractivity contribution in [2.75, 3.05) is 13.2 Å². The summed E-state index contributed by atoms with van der Waals surface area (Å²) in [7, 11) is 1.85. The molecule has 0 saturated carbocycles. The molecule has 0 aliphatic rings. The average Bonchev–Trinajstić information content (AvgIpc) is 2.45. The summed E-state index contributed by atoms with van der Waals surface area (Å²) in [6.45, 7) is 2.70. The van der Waals surface area contributed by atoms with Crippen LogP contribution in [0.3, 0.4) is 0 Å². The monoisotopic (exact) mass is 231 g/mol. The third-order valence-electron chi connectivity index (χ3n) is 2.55. The van der Waals surface area contributed by atoms with E-state index in [9.17, 15) is 13.6 Å². The number of rotatable bonds is 5. The van der Waals surface area contributed by atoms with E-state index in [0.717, 1.165) is 11.4 Å². The van der Waals surface area contributed by atoms with Crippen molar-refractivity contribution in [1.29, 1.82) is 0 Å². The van der Waals surface area contributed by atoms with E-state index in [4.69, 9.17) is 0 Å². The highest BCUT2D eigenvalue weighted by Crippen LogP contribution is 2.14. The molecule has 0 fully saturated rings. The number of nitrogens with zero attached hydrogens (tertiary/aromatic N) is 1. The number of carbonyl (C=O) groups is 1. The number of aromatic nitrogens is 1. The highest BCUT2D eigenvalue weighted by molar-refractivity contribution is 5.98. The molecule has 1 aromatic rings. The van der Waals surface area contributed by atoms with Gasteiger partial charge in [-0.2, -0.15) is 0 Å². The van der Waals surface area contributed by atoms with Gasteiger partial charge in [-0.05, 0) is 19.9 Å². The Morgan fingerprint density at radius 3 is 2.56 bits per heavy atom. The molecule has 0 bridgehead atoms. The molecular formula is C11H15F2NO2. The van der Waals surface area contributed by atoms with Gasteiger partial charge in [-0.25, -0.2) is 8.78 Å². The van der Waals surface area contributed by atoms with Gasteiger partial charge in [-0.15, -0.1) is 0 Å². The number of alkyl halides is 2. The maximum Gasteiger partial charge on any atom is 0.261 e. The van der Waals surface area contributed by atoms with Crippen LogP contribution in [0.1, 0.15) is 21.7 Å². The quantitative estimate of drug-likeness (QED) is 0.727. The van der Waals surface area contributed by atoms with E-state index >= 15 is 0 Å². The second-order valence-corrected chi connectivity index (χ2v) is 3.67. The summed E-state index contributed by atoms with van der Waals surface area (Å²) < 4.78 is 30.1. The molecule has 0 aliphatic heterocycles. The minimum atomic E-state index is -2.54. The van der Waals surface area contributed by atoms with Crippen molar-refractivity contribution < 1.29 is 18.3 Å². The van der Waals surface area contributed by atoms with Crippen molar-refractivity contribution >= 4 is 5.78 Å². The van der Waals surface area contributed by atoms with Gasteiger partial charge in [0.05, 0.1) is 0 Å². The fourth-order valence-corrected chi connectivity index (χ4v) is 1.46. The molecule has 0 N–H and O–H groups in total. The summed E-state index contributed by atoms with van der Waals surface area (Å²) in [5.74, 6) is -0.262. The van der Waals surface area contributed by atoms with Crippen LogP contribution in [0.15, 0.2) is 6.07 Å². The molecule has 0 aliphatic carbocycles. The number of Topliss-reactive ketones (excluding diaryl/α,β-unsaturated/α-hetero) is 1. The molecular weight excluding hydrogens is 216 g/mol. The molecule has 0 aromatic carbocycles. The Kier molecular flexibility index (Phi) is 4.18. The van der Waals surface area contributed by atoms with Crippen LogP contribution in [0.4, 0.5) is 8.78 Å². The summed E-state index contributed by atoms with van der Waals surface area (Å²) in [5, 5.41) is 0. The molecule has 1 aromatic heterocycles. The number of halogens is 2. The standard InChI is InChI=1S/C11H15F2NO2/c1-7-4-9(8(2)14(7)3)10(15)5-16-6-11(12)13/h4,11H,5-6H2,1-3H3. The zero-order valence-electron chi connectivity index (χ0n) is 9.59. The lowest BCUT2D eigenvalue weighted by Gasteiger charge is -2.03. The number of carbonyl (C=O) groups excluding carboxylic acids is 1. The molecule has 90 valence electrons. The summed E-state index contributed by atoms with van der Waals surface area (Å²) in [5.41, 5.74) is 2.31. The van der Waals surface area contributed by atoms with E-state index in [-0.39, 0.29) is 12.4 Å². The Balaban J connectivity index is 2.63. The first-order valence-corrected chi connectivity index (χ1v) is 4.95. The SMILES string of the molecule is Cc1cc(C(=O)COCC(F)F)c(C)n1C. The van der Waals surface area contributed by atoms with Crippen molar-refractivity contribution in [2.45, 2.75) is 20.3 Å². The molecule has 0 atom stereocenters. The topological polar surface area (TPSA) is 31.2 Å². The average molecular weight is 231 g/mol. The first-order chi connectivity index (χ1) is 7.43. The van der Waals surface area contributed by atoms with Gasteiger partial charge in [0, 0.05) is 24.0 Å². The Bertz CT molecular complexity index is 386. The van der Waals surface area contributed by atoms with E-state index < -0.39 is 13.0 Å². The van der Waals surface area contributed by atoms with Crippen LogP contribution in [0.25, 0.3) is 0 Å². The van der Waals surface area contributed by atoms with Crippen LogP contribution in [-0.2, 0) is 11.8 Å². The van der Waals surface area contributed by atoms with Gasteiger partial charge in [0.25, 0.3) is 6.43 Å². The van der Waals surface area contributed by atoms with E-state index in [1.807, 2.05) is 25.5 Å². The lowest BCUT2D eigenvalue weighted by Crippen LogP contribution is -2.14. The third kappa shape index (κ3) is 2.88. The maximum atomic E-state index is 11.8. The fraction of sp³-hybridized carbons (Fsp3) is 0.545. The van der Waals surface area contributed by atoms with Gasteiger partial charge in [0.1, 0.15) is 13.2 Å². The summed E-state index contributed by atoms with van der Waals surface area (Å²) in [6.07, 6.45) is -2.54. The minimum Gasteiger partial charge on any atom is -0.367 e. The second-order valence-electron chi connectivity index (χ2n) is 3.67. The molecule has 0 radical (unpaired) electrons. The molecule has 3 nitrogen and oxygen atoms in total. The molecule has 0 spiro atoms. The van der Waals surface area contributed by atoms with Crippen LogP contribution in [-0.4, -0.2) is 30.0 Å². The van der Waals surface area contributed by atoms with Crippen LogP contribution in [0, 0.1) is 13.8 Å². The molecule has 5 heteroatoms. The molecule has 0 unspecified atom stereocenters. The van der Waals surface area contributed by atoms with Crippen LogP contribution in [0.5, 0.6) is 0 Å². The van der Waals surface area contributed by atoms with Crippen molar-refractivity contribution in [3.63, 3.8) is 0 Å². The predicted octanol–water partition coefficient (Wildman–Crippen LogP) is 2.11. The number of aryl methyl sites for hydroxylation is 1. The van der Waals surface area contributed by atoms with Gasteiger partial charge in [0.2, 0.25) is 0 Å². The van der Waals surface area contributed by atoms with E-state index in [1.54, 1.807) is 6.07 Å². The molecule has 1 rings (SSSR count). The Labute approximate surface area is 93.0 Å². The Hall–Kier alpha value is -1.23. The molecule has 16 heavy (non-hydrogen) atoms. The number of hydrogen-bond donors (Lipinski definition) is 0. The number of hydrogen-bond acceptors (Lipinski definition) is 2. The largest absolute Gasteiger partial charge is 0.367 e. The molecule has 1 heterocycles. The lowest BCUT2D eigenvalue weighted by molar-refractivity contribution is 0.0196.